The molecule has 0 spiro atoms. The first-order valence-electron chi connectivity index (χ1n) is 7.49. The lowest BCUT2D eigenvalue weighted by atomic mass is 10.1. The predicted octanol–water partition coefficient (Wildman–Crippen LogP) is 2.83. The van der Waals surface area contributed by atoms with Gasteiger partial charge in [0.1, 0.15) is 6.04 Å². The molecule has 0 fully saturated rings. The number of hydrogen-bond acceptors (Lipinski definition) is 4. The highest BCUT2D eigenvalue weighted by atomic mass is 35.5. The monoisotopic (exact) mass is 411 g/mol. The van der Waals surface area contributed by atoms with Crippen LogP contribution in [-0.2, 0) is 14.8 Å². The van der Waals surface area contributed by atoms with Crippen LogP contribution in [0.4, 0.5) is 13.2 Å². The van der Waals surface area contributed by atoms with E-state index in [1.807, 2.05) is 6.07 Å². The van der Waals surface area contributed by atoms with Crippen molar-refractivity contribution in [3.8, 4) is 6.07 Å². The lowest BCUT2D eigenvalue weighted by Gasteiger charge is -2.29. The van der Waals surface area contributed by atoms with Crippen molar-refractivity contribution in [1.82, 2.24) is 4.31 Å². The van der Waals surface area contributed by atoms with Gasteiger partial charge >= 0.3 is 6.18 Å². The second kappa shape index (κ2) is 9.21. The van der Waals surface area contributed by atoms with Crippen molar-refractivity contribution >= 4 is 27.5 Å². The third-order valence-corrected chi connectivity index (χ3v) is 5.64. The van der Waals surface area contributed by atoms with Crippen molar-refractivity contribution in [1.29, 1.82) is 5.26 Å². The van der Waals surface area contributed by atoms with Gasteiger partial charge in [0.25, 0.3) is 0 Å². The van der Waals surface area contributed by atoms with Gasteiger partial charge in [-0.2, -0.15) is 22.7 Å². The Hall–Kier alpha value is -1.83. The third-order valence-electron chi connectivity index (χ3n) is 3.46. The fourth-order valence-electron chi connectivity index (χ4n) is 2.23. The quantitative estimate of drug-likeness (QED) is 0.631. The van der Waals surface area contributed by atoms with Crippen LogP contribution in [0.2, 0.25) is 5.02 Å². The molecule has 0 aromatic heterocycles. The van der Waals surface area contributed by atoms with Crippen LogP contribution in [0.1, 0.15) is 25.7 Å². The van der Waals surface area contributed by atoms with Gasteiger partial charge in [0.05, 0.1) is 11.0 Å². The number of halogens is 4. The van der Waals surface area contributed by atoms with Gasteiger partial charge in [0.2, 0.25) is 15.9 Å². The molecule has 6 nitrogen and oxygen atoms in total. The van der Waals surface area contributed by atoms with E-state index in [0.717, 1.165) is 0 Å². The van der Waals surface area contributed by atoms with E-state index in [2.05, 4.69) is 0 Å². The minimum absolute atomic E-state index is 0.0304. The summed E-state index contributed by atoms with van der Waals surface area (Å²) in [6.45, 7) is -0.315. The van der Waals surface area contributed by atoms with Crippen LogP contribution in [0.3, 0.4) is 0 Å². The lowest BCUT2D eigenvalue weighted by Crippen LogP contribution is -2.48. The average Bonchev–Trinajstić information content (AvgIpc) is 2.52. The van der Waals surface area contributed by atoms with E-state index < -0.39 is 41.0 Å². The Morgan fingerprint density at radius 1 is 1.31 bits per heavy atom. The maximum absolute atomic E-state index is 12.8. The molecular weight excluding hydrogens is 395 g/mol. The molecule has 0 aliphatic rings. The summed E-state index contributed by atoms with van der Waals surface area (Å²) in [7, 11) is -4.31. The molecule has 1 aromatic carbocycles. The van der Waals surface area contributed by atoms with Gasteiger partial charge in [-0.3, -0.25) is 4.79 Å². The van der Waals surface area contributed by atoms with E-state index in [0.29, 0.717) is 4.31 Å². The van der Waals surface area contributed by atoms with Crippen LogP contribution in [0.15, 0.2) is 29.2 Å². The van der Waals surface area contributed by atoms with E-state index in [1.165, 1.54) is 24.3 Å². The molecule has 0 saturated heterocycles. The molecule has 1 atom stereocenters. The Morgan fingerprint density at radius 2 is 1.88 bits per heavy atom. The average molecular weight is 412 g/mol. The molecule has 2 N–H and O–H groups in total. The zero-order valence-corrected chi connectivity index (χ0v) is 15.1. The fraction of sp³-hybridized carbons (Fsp3) is 0.467. The van der Waals surface area contributed by atoms with Crippen molar-refractivity contribution in [2.75, 3.05) is 6.54 Å². The molecule has 1 amide bonds. The summed E-state index contributed by atoms with van der Waals surface area (Å²) in [5.74, 6) is -1.19. The van der Waals surface area contributed by atoms with Gasteiger partial charge in [-0.25, -0.2) is 8.42 Å². The van der Waals surface area contributed by atoms with Crippen molar-refractivity contribution in [2.24, 2.45) is 5.73 Å². The largest absolute Gasteiger partial charge is 0.389 e. The number of unbranched alkanes of at least 4 members (excludes halogenated alkanes) is 1. The smallest absolute Gasteiger partial charge is 0.368 e. The Kier molecular flexibility index (Phi) is 7.87. The molecule has 0 aliphatic heterocycles. The van der Waals surface area contributed by atoms with E-state index in [-0.39, 0.29) is 29.3 Å². The van der Waals surface area contributed by atoms with Crippen LogP contribution in [-0.4, -0.2) is 37.4 Å². The molecule has 26 heavy (non-hydrogen) atoms. The zero-order chi connectivity index (χ0) is 20.0. The van der Waals surface area contributed by atoms with Crippen LogP contribution >= 0.6 is 11.6 Å². The maximum Gasteiger partial charge on any atom is 0.389 e. The number of nitrogens with two attached hydrogens (primary N) is 1. The topological polar surface area (TPSA) is 104 Å². The lowest BCUT2D eigenvalue weighted by molar-refractivity contribution is -0.140. The number of sulfonamides is 1. The zero-order valence-electron chi connectivity index (χ0n) is 13.5. The molecule has 1 rings (SSSR count). The summed E-state index contributed by atoms with van der Waals surface area (Å²) in [5, 5.41) is 8.88. The Bertz CT molecular complexity index is 761. The SMILES string of the molecule is N#CCCCN([C@H](CCC(F)(F)F)C(N)=O)S(=O)(=O)c1ccc(Cl)cc1. The van der Waals surface area contributed by atoms with Crippen molar-refractivity contribution < 1.29 is 26.4 Å². The summed E-state index contributed by atoms with van der Waals surface area (Å²) in [5.41, 5.74) is 5.17. The summed E-state index contributed by atoms with van der Waals surface area (Å²) in [4.78, 5) is 11.4. The third kappa shape index (κ3) is 6.48. The van der Waals surface area contributed by atoms with Gasteiger partial charge in [-0.1, -0.05) is 11.6 Å². The van der Waals surface area contributed by atoms with Crippen molar-refractivity contribution in [2.45, 2.75) is 42.8 Å². The van der Waals surface area contributed by atoms with Gasteiger partial charge in [-0.05, 0) is 37.1 Å². The molecule has 0 saturated carbocycles. The molecule has 144 valence electrons. The minimum atomic E-state index is -4.57. The Morgan fingerprint density at radius 3 is 2.35 bits per heavy atom. The highest BCUT2D eigenvalue weighted by Gasteiger charge is 2.37. The van der Waals surface area contributed by atoms with E-state index in [9.17, 15) is 26.4 Å². The van der Waals surface area contributed by atoms with E-state index in [1.54, 1.807) is 0 Å². The number of carbonyl (C=O) groups is 1. The summed E-state index contributed by atoms with van der Waals surface area (Å²) in [6.07, 6.45) is -6.74. The first kappa shape index (κ1) is 22.2. The molecule has 0 heterocycles. The van der Waals surface area contributed by atoms with Crippen molar-refractivity contribution in [3.05, 3.63) is 29.3 Å². The highest BCUT2D eigenvalue weighted by Crippen LogP contribution is 2.27. The maximum atomic E-state index is 12.8. The highest BCUT2D eigenvalue weighted by molar-refractivity contribution is 7.89. The standard InChI is InChI=1S/C15H17ClF3N3O3S/c16-11-3-5-12(6-4-11)26(24,25)22(10-2-1-9-20)13(14(21)23)7-8-15(17,18)19/h3-6,13H,1-2,7-8,10H2,(H2,21,23)/t13-/m1/s1. The molecule has 0 unspecified atom stereocenters. The normalized spacial score (nSPS) is 13.4. The summed E-state index contributed by atoms with van der Waals surface area (Å²) < 4.78 is 63.9. The second-order valence-electron chi connectivity index (χ2n) is 5.40. The number of primary amides is 1. The molecule has 1 aromatic rings. The molecule has 11 heteroatoms. The number of nitriles is 1. The van der Waals surface area contributed by atoms with Crippen LogP contribution in [0.5, 0.6) is 0 Å². The number of carbonyl (C=O) groups excluding carboxylic acids is 1. The fourth-order valence-corrected chi connectivity index (χ4v) is 4.02. The number of nitrogens with zero attached hydrogens (tertiary/aromatic N) is 2. The van der Waals surface area contributed by atoms with E-state index >= 15 is 0 Å². The van der Waals surface area contributed by atoms with Crippen LogP contribution in [0, 0.1) is 11.3 Å². The molecule has 0 bridgehead atoms. The number of amides is 1. The number of hydrogen-bond donors (Lipinski definition) is 1. The first-order valence-corrected chi connectivity index (χ1v) is 9.31. The predicted molar refractivity (Wildman–Crippen MR) is 88.5 cm³/mol. The van der Waals surface area contributed by atoms with E-state index in [4.69, 9.17) is 22.6 Å². The Labute approximate surface area is 154 Å². The van der Waals surface area contributed by atoms with Crippen molar-refractivity contribution in [3.63, 3.8) is 0 Å². The Balaban J connectivity index is 3.24. The molecular formula is C15H17ClF3N3O3S. The summed E-state index contributed by atoms with van der Waals surface area (Å²) >= 11 is 5.71. The van der Waals surface area contributed by atoms with Gasteiger partial charge in [0, 0.05) is 24.4 Å². The number of benzene rings is 1. The van der Waals surface area contributed by atoms with Gasteiger partial charge in [0.15, 0.2) is 0 Å². The van der Waals surface area contributed by atoms with Crippen LogP contribution < -0.4 is 5.73 Å². The number of rotatable bonds is 9. The van der Waals surface area contributed by atoms with Crippen LogP contribution in [0.25, 0.3) is 0 Å². The first-order chi connectivity index (χ1) is 12.0. The minimum Gasteiger partial charge on any atom is -0.368 e. The second-order valence-corrected chi connectivity index (χ2v) is 7.73. The van der Waals surface area contributed by atoms with Gasteiger partial charge < -0.3 is 5.73 Å². The number of alkyl halides is 3. The van der Waals surface area contributed by atoms with Gasteiger partial charge in [-0.15, -0.1) is 0 Å². The molecule has 0 aliphatic carbocycles. The summed E-state index contributed by atoms with van der Waals surface area (Å²) in [6, 6.07) is 5.09. The molecule has 0 radical (unpaired) electrons.